The summed E-state index contributed by atoms with van der Waals surface area (Å²) >= 11 is 0. The molecule has 0 saturated heterocycles. The lowest BCUT2D eigenvalue weighted by Gasteiger charge is -2.22. The molecule has 5 nitrogen and oxygen atoms in total. The van der Waals surface area contributed by atoms with Crippen LogP contribution in [0.2, 0.25) is 0 Å². The Bertz CT molecular complexity index is 691. The first kappa shape index (κ1) is 16.7. The highest BCUT2D eigenvalue weighted by Crippen LogP contribution is 2.28. The third-order valence-corrected chi connectivity index (χ3v) is 4.35. The summed E-state index contributed by atoms with van der Waals surface area (Å²) in [5.41, 5.74) is 2.21. The fourth-order valence-corrected chi connectivity index (χ4v) is 2.71. The highest BCUT2D eigenvalue weighted by atomic mass is 16.5. The van der Waals surface area contributed by atoms with Gasteiger partial charge in [0.1, 0.15) is 0 Å². The first-order valence-electron chi connectivity index (χ1n) is 8.60. The van der Waals surface area contributed by atoms with Crippen LogP contribution in [-0.4, -0.2) is 49.7 Å². The van der Waals surface area contributed by atoms with Crippen LogP contribution in [0.4, 0.5) is 0 Å². The maximum Gasteiger partial charge on any atom is 0.193 e. The molecule has 2 aromatic rings. The summed E-state index contributed by atoms with van der Waals surface area (Å²) in [6.45, 7) is 3.18. The van der Waals surface area contributed by atoms with E-state index in [1.54, 1.807) is 0 Å². The van der Waals surface area contributed by atoms with Crippen molar-refractivity contribution in [2.45, 2.75) is 19.4 Å². The zero-order valence-corrected chi connectivity index (χ0v) is 14.5. The molecule has 0 aliphatic heterocycles. The number of nitrogens with one attached hydrogen (secondary N) is 1. The van der Waals surface area contributed by atoms with Crippen molar-refractivity contribution in [1.29, 1.82) is 0 Å². The van der Waals surface area contributed by atoms with E-state index in [4.69, 9.17) is 4.74 Å². The maximum atomic E-state index is 5.71. The van der Waals surface area contributed by atoms with Gasteiger partial charge in [-0.2, -0.15) is 0 Å². The second-order valence-electron chi connectivity index (χ2n) is 6.33. The molecule has 0 atom stereocenters. The van der Waals surface area contributed by atoms with Gasteiger partial charge in [0.2, 0.25) is 0 Å². The quantitative estimate of drug-likeness (QED) is 0.483. The molecule has 1 aliphatic carbocycles. The number of likely N-dealkylation sites (N-methyl/N-ethyl adjacent to an activating group) is 1. The Balaban J connectivity index is 1.52. The zero-order valence-electron chi connectivity index (χ0n) is 14.5. The number of nitrogens with zero attached hydrogens (tertiary/aromatic N) is 3. The fraction of sp³-hybridized carbons (Fsp3) is 0.474. The highest BCUT2D eigenvalue weighted by molar-refractivity contribution is 5.83. The number of fused-ring (bicyclic) bond motifs is 1. The molecule has 0 unspecified atom stereocenters. The molecule has 3 rings (SSSR count). The van der Waals surface area contributed by atoms with Gasteiger partial charge in [-0.05, 0) is 30.4 Å². The predicted molar refractivity (Wildman–Crippen MR) is 98.1 cm³/mol. The average molecular weight is 326 g/mol. The summed E-state index contributed by atoms with van der Waals surface area (Å²) in [4.78, 5) is 11.0. The lowest BCUT2D eigenvalue weighted by atomic mass is 10.1. The first-order chi connectivity index (χ1) is 11.8. The molecule has 1 heterocycles. The molecule has 1 N–H and O–H groups in total. The number of ether oxygens (including phenoxy) is 1. The van der Waals surface area contributed by atoms with Crippen LogP contribution in [0.25, 0.3) is 10.9 Å². The van der Waals surface area contributed by atoms with Crippen LogP contribution in [-0.2, 0) is 11.3 Å². The largest absolute Gasteiger partial charge is 0.379 e. The van der Waals surface area contributed by atoms with Gasteiger partial charge in [-0.15, -0.1) is 0 Å². The van der Waals surface area contributed by atoms with Crippen LogP contribution in [0.1, 0.15) is 18.4 Å². The monoisotopic (exact) mass is 326 g/mol. The van der Waals surface area contributed by atoms with E-state index in [1.165, 1.54) is 18.4 Å². The number of benzene rings is 1. The third-order valence-electron chi connectivity index (χ3n) is 4.35. The third kappa shape index (κ3) is 4.45. The van der Waals surface area contributed by atoms with Gasteiger partial charge < -0.3 is 15.0 Å². The van der Waals surface area contributed by atoms with Gasteiger partial charge >= 0.3 is 0 Å². The second kappa shape index (κ2) is 8.11. The van der Waals surface area contributed by atoms with Gasteiger partial charge in [-0.1, -0.05) is 24.3 Å². The summed E-state index contributed by atoms with van der Waals surface area (Å²) in [5, 5.41) is 4.58. The van der Waals surface area contributed by atoms with E-state index in [9.17, 15) is 0 Å². The summed E-state index contributed by atoms with van der Waals surface area (Å²) < 4.78 is 5.71. The van der Waals surface area contributed by atoms with Crippen molar-refractivity contribution in [3.63, 3.8) is 0 Å². The van der Waals surface area contributed by atoms with Crippen LogP contribution in [0, 0.1) is 5.92 Å². The van der Waals surface area contributed by atoms with Gasteiger partial charge in [0.15, 0.2) is 5.96 Å². The Morgan fingerprint density at radius 1 is 1.33 bits per heavy atom. The van der Waals surface area contributed by atoms with Gasteiger partial charge in [-0.3, -0.25) is 9.98 Å². The van der Waals surface area contributed by atoms with E-state index in [0.29, 0.717) is 6.54 Å². The van der Waals surface area contributed by atoms with Crippen LogP contribution in [0.15, 0.2) is 41.5 Å². The topological polar surface area (TPSA) is 49.8 Å². The lowest BCUT2D eigenvalue weighted by molar-refractivity contribution is 0.115. The molecule has 1 aromatic heterocycles. The molecule has 1 aromatic carbocycles. The van der Waals surface area contributed by atoms with E-state index < -0.39 is 0 Å². The van der Waals surface area contributed by atoms with Gasteiger partial charge in [0.05, 0.1) is 12.1 Å². The molecular formula is C19H26N4O. The molecular weight excluding hydrogens is 300 g/mol. The molecule has 1 saturated carbocycles. The number of aliphatic imine (C=N–C) groups is 1. The van der Waals surface area contributed by atoms with E-state index in [1.807, 2.05) is 26.4 Å². The Morgan fingerprint density at radius 3 is 2.96 bits per heavy atom. The molecule has 0 amide bonds. The highest BCUT2D eigenvalue weighted by Gasteiger charge is 2.21. The first-order valence-corrected chi connectivity index (χ1v) is 8.60. The van der Waals surface area contributed by atoms with Crippen molar-refractivity contribution in [3.8, 4) is 0 Å². The Kier molecular flexibility index (Phi) is 5.64. The molecule has 1 fully saturated rings. The molecule has 24 heavy (non-hydrogen) atoms. The van der Waals surface area contributed by atoms with E-state index in [0.717, 1.165) is 42.5 Å². The number of aromatic nitrogens is 1. The van der Waals surface area contributed by atoms with Gasteiger partial charge in [0, 0.05) is 45.4 Å². The molecule has 0 bridgehead atoms. The standard InChI is InChI=1S/C19H26N4O/c1-20-19(23(2)11-12-24-14-15-8-9-15)22-13-17-6-3-5-16-7-4-10-21-18(16)17/h3-7,10,15H,8-9,11-14H2,1-2H3,(H,20,22). The minimum absolute atomic E-state index is 0.703. The van der Waals surface area contributed by atoms with Crippen molar-refractivity contribution < 1.29 is 4.74 Å². The number of guanidine groups is 1. The molecule has 128 valence electrons. The number of hydrogen-bond donors (Lipinski definition) is 1. The molecule has 5 heteroatoms. The van der Waals surface area contributed by atoms with Crippen molar-refractivity contribution in [1.82, 2.24) is 15.2 Å². The van der Waals surface area contributed by atoms with Crippen molar-refractivity contribution in [2.75, 3.05) is 33.9 Å². The number of hydrogen-bond acceptors (Lipinski definition) is 3. The van der Waals surface area contributed by atoms with Gasteiger partial charge in [-0.25, -0.2) is 0 Å². The number of rotatable bonds is 7. The van der Waals surface area contributed by atoms with Crippen LogP contribution < -0.4 is 5.32 Å². The SMILES string of the molecule is CN=C(NCc1cccc2cccnc12)N(C)CCOCC1CC1. The Morgan fingerprint density at radius 2 is 2.17 bits per heavy atom. The molecule has 0 radical (unpaired) electrons. The molecule has 0 spiro atoms. The van der Waals surface area contributed by atoms with Crippen LogP contribution in [0.5, 0.6) is 0 Å². The van der Waals surface area contributed by atoms with E-state index in [2.05, 4.69) is 44.5 Å². The van der Waals surface area contributed by atoms with E-state index >= 15 is 0 Å². The van der Waals surface area contributed by atoms with Crippen LogP contribution in [0.3, 0.4) is 0 Å². The van der Waals surface area contributed by atoms with Crippen molar-refractivity contribution in [3.05, 3.63) is 42.1 Å². The number of pyridine rings is 1. The van der Waals surface area contributed by atoms with Crippen LogP contribution >= 0.6 is 0 Å². The second-order valence-corrected chi connectivity index (χ2v) is 6.33. The van der Waals surface area contributed by atoms with E-state index in [-0.39, 0.29) is 0 Å². The predicted octanol–water partition coefficient (Wildman–Crippen LogP) is 2.67. The zero-order chi connectivity index (χ0) is 16.8. The summed E-state index contributed by atoms with van der Waals surface area (Å²) in [7, 11) is 3.85. The minimum Gasteiger partial charge on any atom is -0.379 e. The van der Waals surface area contributed by atoms with Crippen molar-refractivity contribution >= 4 is 16.9 Å². The molecule has 1 aliphatic rings. The minimum atomic E-state index is 0.703. The lowest BCUT2D eigenvalue weighted by Crippen LogP contribution is -2.40. The van der Waals surface area contributed by atoms with Gasteiger partial charge in [0.25, 0.3) is 0 Å². The summed E-state index contributed by atoms with van der Waals surface area (Å²) in [5.74, 6) is 1.68. The smallest absolute Gasteiger partial charge is 0.193 e. The average Bonchev–Trinajstić information content (AvgIpc) is 3.44. The summed E-state index contributed by atoms with van der Waals surface area (Å²) in [6.07, 6.45) is 4.50. The maximum absolute atomic E-state index is 5.71. The fourth-order valence-electron chi connectivity index (χ4n) is 2.71. The van der Waals surface area contributed by atoms with Crippen molar-refractivity contribution in [2.24, 2.45) is 10.9 Å². The Hall–Kier alpha value is -2.14. The summed E-state index contributed by atoms with van der Waals surface area (Å²) in [6, 6.07) is 10.3. The Labute approximate surface area is 143 Å². The normalized spacial score (nSPS) is 14.8. The number of para-hydroxylation sites is 1.